The van der Waals surface area contributed by atoms with Gasteiger partial charge in [0.1, 0.15) is 5.54 Å². The van der Waals surface area contributed by atoms with Gasteiger partial charge in [-0.3, -0.25) is 4.79 Å². The highest BCUT2D eigenvalue weighted by atomic mass is 16.5. The standard InChI is InChI=1S/C8H17NO2/c1-5-8(4,9)7(10)11-6(2)3/h6H,5,9H2,1-4H3. The van der Waals surface area contributed by atoms with Gasteiger partial charge in [0.05, 0.1) is 6.10 Å². The molecule has 1 atom stereocenters. The zero-order valence-electron chi connectivity index (χ0n) is 7.68. The Bertz CT molecular complexity index is 141. The van der Waals surface area contributed by atoms with Gasteiger partial charge >= 0.3 is 5.97 Å². The van der Waals surface area contributed by atoms with Crippen LogP contribution in [0.3, 0.4) is 0 Å². The Balaban J connectivity index is 4.02. The van der Waals surface area contributed by atoms with Gasteiger partial charge in [-0.15, -0.1) is 0 Å². The van der Waals surface area contributed by atoms with Gasteiger partial charge in [0.15, 0.2) is 0 Å². The molecule has 0 saturated heterocycles. The fourth-order valence-corrected chi connectivity index (χ4v) is 0.493. The van der Waals surface area contributed by atoms with Crippen LogP contribution in [0.4, 0.5) is 0 Å². The van der Waals surface area contributed by atoms with Gasteiger partial charge < -0.3 is 10.5 Å². The molecule has 0 rings (SSSR count). The van der Waals surface area contributed by atoms with Crippen molar-refractivity contribution >= 4 is 5.97 Å². The van der Waals surface area contributed by atoms with Crippen molar-refractivity contribution in [2.45, 2.75) is 45.8 Å². The maximum atomic E-state index is 11.2. The molecule has 0 aliphatic carbocycles. The largest absolute Gasteiger partial charge is 0.462 e. The van der Waals surface area contributed by atoms with E-state index in [1.807, 2.05) is 20.8 Å². The molecule has 3 heteroatoms. The van der Waals surface area contributed by atoms with Crippen LogP contribution in [0.25, 0.3) is 0 Å². The summed E-state index contributed by atoms with van der Waals surface area (Å²) in [6, 6.07) is 0. The Morgan fingerprint density at radius 3 is 2.36 bits per heavy atom. The summed E-state index contributed by atoms with van der Waals surface area (Å²) in [5, 5.41) is 0. The molecule has 66 valence electrons. The van der Waals surface area contributed by atoms with E-state index in [-0.39, 0.29) is 12.1 Å². The number of ether oxygens (including phenoxy) is 1. The molecule has 0 aromatic heterocycles. The number of rotatable bonds is 3. The first-order chi connectivity index (χ1) is 4.90. The van der Waals surface area contributed by atoms with E-state index in [1.54, 1.807) is 6.92 Å². The third kappa shape index (κ3) is 3.37. The number of esters is 1. The number of carbonyl (C=O) groups excluding carboxylic acids is 1. The first-order valence-corrected chi connectivity index (χ1v) is 3.90. The fourth-order valence-electron chi connectivity index (χ4n) is 0.493. The van der Waals surface area contributed by atoms with Gasteiger partial charge in [0.25, 0.3) is 0 Å². The quantitative estimate of drug-likeness (QED) is 0.626. The predicted molar refractivity (Wildman–Crippen MR) is 44.1 cm³/mol. The summed E-state index contributed by atoms with van der Waals surface area (Å²) in [6.45, 7) is 7.16. The van der Waals surface area contributed by atoms with Gasteiger partial charge in [-0.2, -0.15) is 0 Å². The second-order valence-electron chi connectivity index (χ2n) is 3.23. The summed E-state index contributed by atoms with van der Waals surface area (Å²) in [5.74, 6) is -0.324. The highest BCUT2D eigenvalue weighted by Crippen LogP contribution is 2.08. The lowest BCUT2D eigenvalue weighted by molar-refractivity contribution is -0.153. The first kappa shape index (κ1) is 10.4. The van der Waals surface area contributed by atoms with Crippen LogP contribution in [-0.4, -0.2) is 17.6 Å². The second-order valence-corrected chi connectivity index (χ2v) is 3.23. The van der Waals surface area contributed by atoms with E-state index in [1.165, 1.54) is 0 Å². The van der Waals surface area contributed by atoms with Crippen LogP contribution in [0, 0.1) is 0 Å². The maximum absolute atomic E-state index is 11.2. The van der Waals surface area contributed by atoms with E-state index in [4.69, 9.17) is 10.5 Å². The second kappa shape index (κ2) is 3.72. The van der Waals surface area contributed by atoms with Crippen molar-refractivity contribution in [1.82, 2.24) is 0 Å². The monoisotopic (exact) mass is 159 g/mol. The predicted octanol–water partition coefficient (Wildman–Crippen LogP) is 1.07. The van der Waals surface area contributed by atoms with E-state index in [9.17, 15) is 4.79 Å². The Hall–Kier alpha value is -0.570. The first-order valence-electron chi connectivity index (χ1n) is 3.90. The van der Waals surface area contributed by atoms with Gasteiger partial charge in [-0.25, -0.2) is 0 Å². The van der Waals surface area contributed by atoms with E-state index < -0.39 is 5.54 Å². The summed E-state index contributed by atoms with van der Waals surface area (Å²) in [4.78, 5) is 11.2. The van der Waals surface area contributed by atoms with Gasteiger partial charge in [0.2, 0.25) is 0 Å². The van der Waals surface area contributed by atoms with Crippen LogP contribution in [0.1, 0.15) is 34.1 Å². The average molecular weight is 159 g/mol. The Morgan fingerprint density at radius 2 is 2.09 bits per heavy atom. The van der Waals surface area contributed by atoms with Crippen LogP contribution in [0.5, 0.6) is 0 Å². The van der Waals surface area contributed by atoms with Crippen LogP contribution >= 0.6 is 0 Å². The smallest absolute Gasteiger partial charge is 0.326 e. The molecule has 0 aromatic carbocycles. The molecule has 0 saturated carbocycles. The van der Waals surface area contributed by atoms with E-state index in [2.05, 4.69) is 0 Å². The molecule has 0 spiro atoms. The molecule has 11 heavy (non-hydrogen) atoms. The van der Waals surface area contributed by atoms with Crippen LogP contribution in [-0.2, 0) is 9.53 Å². The molecule has 0 heterocycles. The highest BCUT2D eigenvalue weighted by molar-refractivity contribution is 5.79. The minimum Gasteiger partial charge on any atom is -0.462 e. The lowest BCUT2D eigenvalue weighted by atomic mass is 10.0. The molecular formula is C8H17NO2. The topological polar surface area (TPSA) is 52.3 Å². The lowest BCUT2D eigenvalue weighted by Gasteiger charge is -2.21. The molecular weight excluding hydrogens is 142 g/mol. The summed E-state index contributed by atoms with van der Waals surface area (Å²) < 4.78 is 4.94. The molecule has 2 N–H and O–H groups in total. The number of carbonyl (C=O) groups is 1. The molecule has 0 aliphatic heterocycles. The minimum atomic E-state index is -0.829. The highest BCUT2D eigenvalue weighted by Gasteiger charge is 2.28. The Kier molecular flexibility index (Phi) is 3.52. The Labute approximate surface area is 67.9 Å². The zero-order chi connectivity index (χ0) is 9.07. The summed E-state index contributed by atoms with van der Waals surface area (Å²) >= 11 is 0. The minimum absolute atomic E-state index is 0.0862. The number of hydrogen-bond donors (Lipinski definition) is 1. The van der Waals surface area contributed by atoms with Crippen molar-refractivity contribution in [3.05, 3.63) is 0 Å². The van der Waals surface area contributed by atoms with Gasteiger partial charge in [-0.1, -0.05) is 6.92 Å². The number of hydrogen-bond acceptors (Lipinski definition) is 3. The molecule has 0 aromatic rings. The molecule has 0 radical (unpaired) electrons. The van der Waals surface area contributed by atoms with E-state index in [0.29, 0.717) is 6.42 Å². The molecule has 0 aliphatic rings. The maximum Gasteiger partial charge on any atom is 0.326 e. The summed E-state index contributed by atoms with van der Waals surface area (Å²) in [6.07, 6.45) is 0.510. The Morgan fingerprint density at radius 1 is 1.64 bits per heavy atom. The lowest BCUT2D eigenvalue weighted by Crippen LogP contribution is -2.46. The molecule has 0 amide bonds. The normalized spacial score (nSPS) is 16.2. The van der Waals surface area contributed by atoms with Crippen LogP contribution in [0.15, 0.2) is 0 Å². The molecule has 1 unspecified atom stereocenters. The third-order valence-corrected chi connectivity index (χ3v) is 1.54. The fraction of sp³-hybridized carbons (Fsp3) is 0.875. The van der Waals surface area contributed by atoms with Crippen molar-refractivity contribution < 1.29 is 9.53 Å². The summed E-state index contributed by atoms with van der Waals surface area (Å²) in [7, 11) is 0. The van der Waals surface area contributed by atoms with Gasteiger partial charge in [-0.05, 0) is 27.2 Å². The van der Waals surface area contributed by atoms with E-state index >= 15 is 0 Å². The van der Waals surface area contributed by atoms with Crippen molar-refractivity contribution in [3.63, 3.8) is 0 Å². The third-order valence-electron chi connectivity index (χ3n) is 1.54. The van der Waals surface area contributed by atoms with Crippen molar-refractivity contribution in [2.75, 3.05) is 0 Å². The van der Waals surface area contributed by atoms with Crippen LogP contribution < -0.4 is 5.73 Å². The van der Waals surface area contributed by atoms with E-state index in [0.717, 1.165) is 0 Å². The SMILES string of the molecule is CCC(C)(N)C(=O)OC(C)C. The van der Waals surface area contributed by atoms with Crippen molar-refractivity contribution in [3.8, 4) is 0 Å². The van der Waals surface area contributed by atoms with Gasteiger partial charge in [0, 0.05) is 0 Å². The zero-order valence-corrected chi connectivity index (χ0v) is 7.68. The number of nitrogens with two attached hydrogens (primary N) is 1. The van der Waals surface area contributed by atoms with Crippen molar-refractivity contribution in [1.29, 1.82) is 0 Å². The average Bonchev–Trinajstić information content (AvgIpc) is 1.86. The van der Waals surface area contributed by atoms with Crippen LogP contribution in [0.2, 0.25) is 0 Å². The molecule has 0 bridgehead atoms. The summed E-state index contributed by atoms with van der Waals surface area (Å²) in [5.41, 5.74) is 4.80. The molecule has 3 nitrogen and oxygen atoms in total. The molecule has 0 fully saturated rings. The van der Waals surface area contributed by atoms with Crippen molar-refractivity contribution in [2.24, 2.45) is 5.73 Å².